The minimum Gasteiger partial charge on any atom is -0.494 e. The molecule has 1 atom stereocenters. The number of methoxy groups -OCH3 is 1. The third-order valence-electron chi connectivity index (χ3n) is 3.71. The maximum absolute atomic E-state index is 13.6. The van der Waals surface area contributed by atoms with Crippen LogP contribution in [0.2, 0.25) is 0 Å². The molecule has 0 bridgehead atoms. The zero-order valence-electron chi connectivity index (χ0n) is 11.6. The number of nitrogens with one attached hydrogen (secondary N) is 1. The second-order valence-electron chi connectivity index (χ2n) is 5.23. The molecule has 1 rings (SSSR count). The Labute approximate surface area is 108 Å². The van der Waals surface area contributed by atoms with Crippen LogP contribution in [0.15, 0.2) is 18.2 Å². The molecule has 3 nitrogen and oxygen atoms in total. The van der Waals surface area contributed by atoms with Crippen molar-refractivity contribution in [2.45, 2.75) is 39.7 Å². The average Bonchev–Trinajstić information content (AvgIpc) is 2.35. The highest BCUT2D eigenvalue weighted by atomic mass is 19.1. The molecule has 0 radical (unpaired) electrons. The number of hydrogen-bond acceptors (Lipinski definition) is 3. The molecular formula is C14H23FN2O. The fraction of sp³-hybridized carbons (Fsp3) is 0.571. The Morgan fingerprint density at radius 2 is 2.11 bits per heavy atom. The molecule has 0 aliphatic heterocycles. The Kier molecular flexibility index (Phi) is 5.11. The molecule has 0 saturated heterocycles. The Hall–Kier alpha value is -1.13. The van der Waals surface area contributed by atoms with Gasteiger partial charge in [0.25, 0.3) is 0 Å². The van der Waals surface area contributed by atoms with Crippen molar-refractivity contribution in [3.05, 3.63) is 29.6 Å². The largest absolute Gasteiger partial charge is 0.494 e. The first-order valence-electron chi connectivity index (χ1n) is 6.23. The zero-order valence-corrected chi connectivity index (χ0v) is 11.6. The standard InChI is InChI=1S/C14H23FN2O/c1-5-14(2,3)13(17-16)9-10-6-7-12(18-4)11(15)8-10/h6-8,13,17H,5,9,16H2,1-4H3. The molecule has 0 amide bonds. The van der Waals surface area contributed by atoms with E-state index in [2.05, 4.69) is 26.2 Å². The number of rotatable bonds is 6. The smallest absolute Gasteiger partial charge is 0.165 e. The maximum atomic E-state index is 13.6. The topological polar surface area (TPSA) is 47.3 Å². The third-order valence-corrected chi connectivity index (χ3v) is 3.71. The third kappa shape index (κ3) is 3.43. The summed E-state index contributed by atoms with van der Waals surface area (Å²) in [5, 5.41) is 0. The van der Waals surface area contributed by atoms with E-state index >= 15 is 0 Å². The van der Waals surface area contributed by atoms with Crippen molar-refractivity contribution in [1.82, 2.24) is 5.43 Å². The molecule has 1 aromatic carbocycles. The van der Waals surface area contributed by atoms with Gasteiger partial charge in [0, 0.05) is 6.04 Å². The van der Waals surface area contributed by atoms with Crippen LogP contribution in [0.25, 0.3) is 0 Å². The summed E-state index contributed by atoms with van der Waals surface area (Å²) in [4.78, 5) is 0. The van der Waals surface area contributed by atoms with Crippen molar-refractivity contribution in [1.29, 1.82) is 0 Å². The molecule has 4 heteroatoms. The number of benzene rings is 1. The van der Waals surface area contributed by atoms with Gasteiger partial charge in [-0.1, -0.05) is 26.8 Å². The van der Waals surface area contributed by atoms with Gasteiger partial charge in [0.15, 0.2) is 11.6 Å². The zero-order chi connectivity index (χ0) is 13.8. The van der Waals surface area contributed by atoms with Gasteiger partial charge in [-0.25, -0.2) is 4.39 Å². The lowest BCUT2D eigenvalue weighted by Crippen LogP contribution is -2.46. The highest BCUT2D eigenvalue weighted by molar-refractivity contribution is 5.29. The fourth-order valence-electron chi connectivity index (χ4n) is 1.88. The summed E-state index contributed by atoms with van der Waals surface area (Å²) in [5.41, 5.74) is 3.81. The van der Waals surface area contributed by atoms with Gasteiger partial charge in [0.05, 0.1) is 7.11 Å². The molecule has 3 N–H and O–H groups in total. The summed E-state index contributed by atoms with van der Waals surface area (Å²) < 4.78 is 18.5. The van der Waals surface area contributed by atoms with E-state index in [1.807, 2.05) is 6.07 Å². The van der Waals surface area contributed by atoms with E-state index in [9.17, 15) is 4.39 Å². The van der Waals surface area contributed by atoms with E-state index in [-0.39, 0.29) is 23.0 Å². The van der Waals surface area contributed by atoms with Crippen LogP contribution in [0.5, 0.6) is 5.75 Å². The van der Waals surface area contributed by atoms with Crippen LogP contribution < -0.4 is 16.0 Å². The first kappa shape index (κ1) is 14.9. The molecule has 1 aromatic rings. The monoisotopic (exact) mass is 254 g/mol. The summed E-state index contributed by atoms with van der Waals surface area (Å²) in [6, 6.07) is 5.14. The van der Waals surface area contributed by atoms with E-state index < -0.39 is 0 Å². The van der Waals surface area contributed by atoms with E-state index in [0.29, 0.717) is 6.42 Å². The van der Waals surface area contributed by atoms with Gasteiger partial charge in [-0.2, -0.15) is 0 Å². The molecule has 18 heavy (non-hydrogen) atoms. The van der Waals surface area contributed by atoms with Crippen molar-refractivity contribution in [3.8, 4) is 5.75 Å². The SMILES string of the molecule is CCC(C)(C)C(Cc1ccc(OC)c(F)c1)NN. The molecule has 0 spiro atoms. The van der Waals surface area contributed by atoms with Gasteiger partial charge < -0.3 is 4.74 Å². The van der Waals surface area contributed by atoms with Crippen molar-refractivity contribution in [2.24, 2.45) is 11.3 Å². The van der Waals surface area contributed by atoms with Crippen molar-refractivity contribution in [3.63, 3.8) is 0 Å². The van der Waals surface area contributed by atoms with Crippen molar-refractivity contribution >= 4 is 0 Å². The second kappa shape index (κ2) is 6.16. The predicted octanol–water partition coefficient (Wildman–Crippen LogP) is 2.64. The molecule has 1 unspecified atom stereocenters. The first-order chi connectivity index (χ1) is 8.44. The van der Waals surface area contributed by atoms with Crippen molar-refractivity contribution in [2.75, 3.05) is 7.11 Å². The Morgan fingerprint density at radius 3 is 2.56 bits per heavy atom. The molecule has 0 aliphatic carbocycles. The van der Waals surface area contributed by atoms with E-state index in [1.54, 1.807) is 6.07 Å². The summed E-state index contributed by atoms with van der Waals surface area (Å²) in [5.74, 6) is 5.54. The highest BCUT2D eigenvalue weighted by Crippen LogP contribution is 2.28. The Balaban J connectivity index is 2.86. The number of halogens is 1. The van der Waals surface area contributed by atoms with Gasteiger partial charge in [-0.15, -0.1) is 0 Å². The van der Waals surface area contributed by atoms with Crippen LogP contribution in [-0.2, 0) is 6.42 Å². The second-order valence-corrected chi connectivity index (χ2v) is 5.23. The highest BCUT2D eigenvalue weighted by Gasteiger charge is 2.27. The van der Waals surface area contributed by atoms with E-state index in [1.165, 1.54) is 13.2 Å². The lowest BCUT2D eigenvalue weighted by atomic mass is 9.79. The Bertz CT molecular complexity index is 393. The van der Waals surface area contributed by atoms with Crippen molar-refractivity contribution < 1.29 is 9.13 Å². The van der Waals surface area contributed by atoms with Gasteiger partial charge in [0.2, 0.25) is 0 Å². The molecule has 0 saturated carbocycles. The van der Waals surface area contributed by atoms with E-state index in [4.69, 9.17) is 10.6 Å². The number of hydrazine groups is 1. The van der Waals surface area contributed by atoms with Gasteiger partial charge >= 0.3 is 0 Å². The summed E-state index contributed by atoms with van der Waals surface area (Å²) in [7, 11) is 1.46. The van der Waals surface area contributed by atoms with E-state index in [0.717, 1.165) is 12.0 Å². The summed E-state index contributed by atoms with van der Waals surface area (Å²) in [6.07, 6.45) is 1.69. The number of ether oxygens (including phenoxy) is 1. The molecule has 0 fully saturated rings. The molecule has 0 aromatic heterocycles. The van der Waals surface area contributed by atoms with Crippen LogP contribution in [-0.4, -0.2) is 13.2 Å². The molecule has 0 heterocycles. The minimum absolute atomic E-state index is 0.0607. The van der Waals surface area contributed by atoms with Crippen LogP contribution in [0.1, 0.15) is 32.8 Å². The maximum Gasteiger partial charge on any atom is 0.165 e. The molecule has 102 valence electrons. The average molecular weight is 254 g/mol. The van der Waals surface area contributed by atoms with Gasteiger partial charge in [0.1, 0.15) is 0 Å². The van der Waals surface area contributed by atoms with Crippen LogP contribution >= 0.6 is 0 Å². The minimum atomic E-state index is -0.333. The molecular weight excluding hydrogens is 231 g/mol. The first-order valence-corrected chi connectivity index (χ1v) is 6.23. The van der Waals surface area contributed by atoms with Crippen LogP contribution in [0.4, 0.5) is 4.39 Å². The normalized spacial score (nSPS) is 13.4. The fourth-order valence-corrected chi connectivity index (χ4v) is 1.88. The summed E-state index contributed by atoms with van der Waals surface area (Å²) in [6.45, 7) is 6.42. The lowest BCUT2D eigenvalue weighted by Gasteiger charge is -2.33. The predicted molar refractivity (Wildman–Crippen MR) is 71.8 cm³/mol. The summed E-state index contributed by atoms with van der Waals surface area (Å²) >= 11 is 0. The number of nitrogens with two attached hydrogens (primary N) is 1. The quantitative estimate of drug-likeness (QED) is 0.606. The molecule has 0 aliphatic rings. The van der Waals surface area contributed by atoms with Crippen LogP contribution in [0.3, 0.4) is 0 Å². The Morgan fingerprint density at radius 1 is 1.44 bits per heavy atom. The number of hydrogen-bond donors (Lipinski definition) is 2. The lowest BCUT2D eigenvalue weighted by molar-refractivity contribution is 0.231. The van der Waals surface area contributed by atoms with Crippen LogP contribution in [0, 0.1) is 11.2 Å². The van der Waals surface area contributed by atoms with Gasteiger partial charge in [-0.3, -0.25) is 11.3 Å². The van der Waals surface area contributed by atoms with Gasteiger partial charge in [-0.05, 0) is 36.0 Å².